The van der Waals surface area contributed by atoms with Gasteiger partial charge in [0.2, 0.25) is 11.9 Å². The van der Waals surface area contributed by atoms with Gasteiger partial charge in [-0.3, -0.25) is 9.78 Å². The van der Waals surface area contributed by atoms with Crippen molar-refractivity contribution in [1.82, 2.24) is 24.5 Å². The van der Waals surface area contributed by atoms with Crippen molar-refractivity contribution < 1.29 is 9.53 Å². The zero-order valence-corrected chi connectivity index (χ0v) is 20.0. The van der Waals surface area contributed by atoms with Gasteiger partial charge in [0.05, 0.1) is 17.6 Å². The van der Waals surface area contributed by atoms with Crippen LogP contribution in [0.5, 0.6) is 11.6 Å². The van der Waals surface area contributed by atoms with E-state index in [9.17, 15) is 4.79 Å². The highest BCUT2D eigenvalue weighted by molar-refractivity contribution is 5.92. The van der Waals surface area contributed by atoms with Gasteiger partial charge in [0.15, 0.2) is 11.2 Å². The SMILES string of the molecule is Cc1cc(-c2ccc(C(N)=O)cn2)cc(C)c1Oc1nc(Nc2ccc(N)cc2)nc2ncn(C)c12. The van der Waals surface area contributed by atoms with Gasteiger partial charge < -0.3 is 26.1 Å². The van der Waals surface area contributed by atoms with E-state index in [1.54, 1.807) is 30.6 Å². The lowest BCUT2D eigenvalue weighted by atomic mass is 10.0. The number of carbonyl (C=O) groups excluding carboxylic acids is 1. The Kier molecular flexibility index (Phi) is 5.69. The Hall–Kier alpha value is -4.99. The largest absolute Gasteiger partial charge is 0.436 e. The number of nitrogen functional groups attached to an aromatic ring is 1. The molecule has 0 saturated heterocycles. The third-order valence-electron chi connectivity index (χ3n) is 5.71. The molecule has 0 aliphatic rings. The van der Waals surface area contributed by atoms with Crippen LogP contribution in [-0.2, 0) is 7.05 Å². The van der Waals surface area contributed by atoms with Crippen LogP contribution < -0.4 is 21.5 Å². The highest BCUT2D eigenvalue weighted by Crippen LogP contribution is 2.35. The monoisotopic (exact) mass is 480 g/mol. The molecule has 0 fully saturated rings. The Bertz CT molecular complexity index is 1570. The quantitative estimate of drug-likeness (QED) is 0.306. The summed E-state index contributed by atoms with van der Waals surface area (Å²) in [5.74, 6) is 0.890. The number of anilines is 3. The molecule has 36 heavy (non-hydrogen) atoms. The molecule has 2 aromatic carbocycles. The maximum Gasteiger partial charge on any atom is 0.250 e. The van der Waals surface area contributed by atoms with Crippen LogP contribution >= 0.6 is 0 Å². The van der Waals surface area contributed by atoms with Crippen LogP contribution in [0.25, 0.3) is 22.4 Å². The Morgan fingerprint density at radius 1 is 1.00 bits per heavy atom. The second-order valence-corrected chi connectivity index (χ2v) is 8.46. The first kappa shape index (κ1) is 22.8. The number of nitrogens with two attached hydrogens (primary N) is 2. The molecule has 5 rings (SSSR count). The van der Waals surface area contributed by atoms with E-state index in [1.807, 2.05) is 49.7 Å². The number of nitrogens with zero attached hydrogens (tertiary/aromatic N) is 5. The Balaban J connectivity index is 1.51. The van der Waals surface area contributed by atoms with Gasteiger partial charge in [-0.25, -0.2) is 4.98 Å². The predicted octanol–water partition coefficient (Wildman–Crippen LogP) is 4.26. The zero-order chi connectivity index (χ0) is 25.4. The number of hydrogen-bond acceptors (Lipinski definition) is 8. The molecule has 180 valence electrons. The fourth-order valence-corrected chi connectivity index (χ4v) is 3.91. The van der Waals surface area contributed by atoms with Crippen LogP contribution in [0.1, 0.15) is 21.5 Å². The lowest BCUT2D eigenvalue weighted by molar-refractivity contribution is 0.1000. The van der Waals surface area contributed by atoms with Crippen molar-refractivity contribution in [2.24, 2.45) is 12.8 Å². The maximum absolute atomic E-state index is 11.4. The number of amides is 1. The molecule has 0 radical (unpaired) electrons. The van der Waals surface area contributed by atoms with Crippen molar-refractivity contribution in [3.63, 3.8) is 0 Å². The van der Waals surface area contributed by atoms with E-state index in [0.29, 0.717) is 40.0 Å². The molecule has 5 aromatic rings. The molecule has 0 bridgehead atoms. The van der Waals surface area contributed by atoms with Gasteiger partial charge >= 0.3 is 0 Å². The Morgan fingerprint density at radius 3 is 2.36 bits per heavy atom. The average Bonchev–Trinajstić information content (AvgIpc) is 3.23. The van der Waals surface area contributed by atoms with Crippen molar-refractivity contribution in [3.05, 3.63) is 77.7 Å². The minimum atomic E-state index is -0.512. The maximum atomic E-state index is 11.4. The molecular formula is C26H24N8O2. The third kappa shape index (κ3) is 4.39. The molecule has 3 heterocycles. The summed E-state index contributed by atoms with van der Waals surface area (Å²) in [7, 11) is 1.86. The molecular weight excluding hydrogens is 456 g/mol. The molecule has 10 heteroatoms. The number of ether oxygens (including phenoxy) is 1. The summed E-state index contributed by atoms with van der Waals surface area (Å²) < 4.78 is 8.20. The second kappa shape index (κ2) is 8.99. The van der Waals surface area contributed by atoms with Gasteiger partial charge in [-0.2, -0.15) is 9.97 Å². The number of benzene rings is 2. The molecule has 0 aliphatic heterocycles. The Morgan fingerprint density at radius 2 is 1.72 bits per heavy atom. The van der Waals surface area contributed by atoms with E-state index in [1.165, 1.54) is 6.20 Å². The topological polar surface area (TPSA) is 147 Å². The third-order valence-corrected chi connectivity index (χ3v) is 5.71. The lowest BCUT2D eigenvalue weighted by Gasteiger charge is -2.15. The van der Waals surface area contributed by atoms with Crippen LogP contribution in [0, 0.1) is 13.8 Å². The smallest absolute Gasteiger partial charge is 0.250 e. The number of aryl methyl sites for hydroxylation is 3. The molecule has 3 aromatic heterocycles. The molecule has 0 saturated carbocycles. The summed E-state index contributed by atoms with van der Waals surface area (Å²) in [6.45, 7) is 3.91. The van der Waals surface area contributed by atoms with Gasteiger partial charge in [-0.1, -0.05) is 0 Å². The number of hydrogen-bond donors (Lipinski definition) is 3. The van der Waals surface area contributed by atoms with E-state index in [2.05, 4.69) is 25.3 Å². The highest BCUT2D eigenvalue weighted by atomic mass is 16.5. The molecule has 5 N–H and O–H groups in total. The second-order valence-electron chi connectivity index (χ2n) is 8.46. The van der Waals surface area contributed by atoms with Crippen molar-refractivity contribution in [2.75, 3.05) is 11.1 Å². The van der Waals surface area contributed by atoms with Crippen LogP contribution in [0.15, 0.2) is 61.1 Å². The summed E-state index contributed by atoms with van der Waals surface area (Å²) in [6, 6.07) is 14.7. The van der Waals surface area contributed by atoms with Crippen LogP contribution in [0.3, 0.4) is 0 Å². The van der Waals surface area contributed by atoms with Crippen molar-refractivity contribution in [2.45, 2.75) is 13.8 Å². The normalized spacial score (nSPS) is 11.0. The first-order chi connectivity index (χ1) is 17.3. The van der Waals surface area contributed by atoms with E-state index in [4.69, 9.17) is 16.2 Å². The van der Waals surface area contributed by atoms with E-state index < -0.39 is 5.91 Å². The van der Waals surface area contributed by atoms with Crippen LogP contribution in [-0.4, -0.2) is 30.4 Å². The van der Waals surface area contributed by atoms with Gasteiger partial charge in [-0.05, 0) is 73.5 Å². The number of carbonyl (C=O) groups is 1. The van der Waals surface area contributed by atoms with Crippen molar-refractivity contribution in [3.8, 4) is 22.9 Å². The predicted molar refractivity (Wildman–Crippen MR) is 138 cm³/mol. The fourth-order valence-electron chi connectivity index (χ4n) is 3.91. The van der Waals surface area contributed by atoms with Gasteiger partial charge in [0.25, 0.3) is 5.88 Å². The van der Waals surface area contributed by atoms with E-state index >= 15 is 0 Å². The first-order valence-electron chi connectivity index (χ1n) is 11.2. The molecule has 0 unspecified atom stereocenters. The van der Waals surface area contributed by atoms with Crippen LogP contribution in [0.2, 0.25) is 0 Å². The Labute approximate surface area is 207 Å². The summed E-state index contributed by atoms with van der Waals surface area (Å²) in [5, 5.41) is 3.18. The van der Waals surface area contributed by atoms with Crippen molar-refractivity contribution in [1.29, 1.82) is 0 Å². The molecule has 10 nitrogen and oxygen atoms in total. The summed E-state index contributed by atoms with van der Waals surface area (Å²) in [4.78, 5) is 29.3. The van der Waals surface area contributed by atoms with Crippen molar-refractivity contribution >= 4 is 34.4 Å². The summed E-state index contributed by atoms with van der Waals surface area (Å²) in [5.41, 5.74) is 17.5. The molecule has 0 spiro atoms. The van der Waals surface area contributed by atoms with E-state index in [-0.39, 0.29) is 0 Å². The number of imidazole rings is 1. The summed E-state index contributed by atoms with van der Waals surface area (Å²) >= 11 is 0. The summed E-state index contributed by atoms with van der Waals surface area (Å²) in [6.07, 6.45) is 3.14. The average molecular weight is 481 g/mol. The standard InChI is InChI=1S/C26H24N8O2/c1-14-10-17(20-9-4-16(12-29-20)23(28)35)11-15(2)22(14)36-25-21-24(30-13-34(21)3)32-26(33-25)31-19-7-5-18(27)6-8-19/h4-13H,27H2,1-3H3,(H2,28,35)(H,31,32,33). The van der Waals surface area contributed by atoms with Gasteiger partial charge in [0, 0.05) is 30.2 Å². The number of rotatable bonds is 6. The highest BCUT2D eigenvalue weighted by Gasteiger charge is 2.18. The lowest BCUT2D eigenvalue weighted by Crippen LogP contribution is -2.11. The zero-order valence-electron chi connectivity index (χ0n) is 20.0. The number of pyridine rings is 1. The first-order valence-corrected chi connectivity index (χ1v) is 11.2. The number of fused-ring (bicyclic) bond motifs is 1. The van der Waals surface area contributed by atoms with Gasteiger partial charge in [0.1, 0.15) is 5.75 Å². The number of nitrogens with one attached hydrogen (secondary N) is 1. The van der Waals surface area contributed by atoms with E-state index in [0.717, 1.165) is 28.1 Å². The van der Waals surface area contributed by atoms with Gasteiger partial charge in [-0.15, -0.1) is 0 Å². The molecule has 0 aliphatic carbocycles. The molecule has 1 amide bonds. The minimum Gasteiger partial charge on any atom is -0.436 e. The number of aromatic nitrogens is 5. The fraction of sp³-hybridized carbons (Fsp3) is 0.115. The van der Waals surface area contributed by atoms with Crippen LogP contribution in [0.4, 0.5) is 17.3 Å². The molecule has 0 atom stereocenters. The minimum absolute atomic E-state index is 0.353. The number of primary amides is 1.